The third-order valence-corrected chi connectivity index (χ3v) is 5.03. The topological polar surface area (TPSA) is 93.2 Å². The highest BCUT2D eigenvalue weighted by Gasteiger charge is 2.17. The summed E-state index contributed by atoms with van der Waals surface area (Å²) in [5.41, 5.74) is 1.15. The number of nitrogens with zero attached hydrogens (tertiary/aromatic N) is 2. The number of hydrogen-bond donors (Lipinski definition) is 2. The molecule has 1 aliphatic heterocycles. The molecule has 1 unspecified atom stereocenters. The molecule has 2 aromatic rings. The van der Waals surface area contributed by atoms with E-state index in [1.807, 2.05) is 0 Å². The first kappa shape index (κ1) is 18.5. The molecule has 2 heterocycles. The molecule has 2 amide bonds. The van der Waals surface area contributed by atoms with Crippen LogP contribution >= 0.6 is 11.3 Å². The van der Waals surface area contributed by atoms with Crippen molar-refractivity contribution >= 4 is 28.8 Å². The van der Waals surface area contributed by atoms with Crippen LogP contribution < -0.4 is 10.6 Å². The number of aryl methyl sites for hydroxylation is 1. The summed E-state index contributed by atoms with van der Waals surface area (Å²) in [5, 5.41) is 14.8. The molecule has 0 bridgehead atoms. The van der Waals surface area contributed by atoms with Crippen LogP contribution in [-0.2, 0) is 11.2 Å². The molecule has 0 aliphatic carbocycles. The standard InChI is InChI=1S/C18H22N4O3S/c1-2-4-15-21-22-18(26-15)17(24)20-13-8-6-12(7-9-13)16(23)19-11-14-5-3-10-25-14/h6-9,14H,2-5,10-11H2,1H3,(H,19,23)(H,20,24). The van der Waals surface area contributed by atoms with Crippen molar-refractivity contribution in [1.82, 2.24) is 15.5 Å². The van der Waals surface area contributed by atoms with Gasteiger partial charge in [-0.2, -0.15) is 0 Å². The first-order valence-electron chi connectivity index (χ1n) is 8.79. The smallest absolute Gasteiger partial charge is 0.286 e. The Bertz CT molecular complexity index is 754. The number of aromatic nitrogens is 2. The summed E-state index contributed by atoms with van der Waals surface area (Å²) in [7, 11) is 0. The van der Waals surface area contributed by atoms with E-state index in [4.69, 9.17) is 4.74 Å². The molecular formula is C18H22N4O3S. The minimum atomic E-state index is -0.291. The van der Waals surface area contributed by atoms with Crippen molar-refractivity contribution in [3.8, 4) is 0 Å². The van der Waals surface area contributed by atoms with Crippen molar-refractivity contribution in [2.24, 2.45) is 0 Å². The largest absolute Gasteiger partial charge is 0.376 e. The van der Waals surface area contributed by atoms with Crippen LogP contribution in [0.2, 0.25) is 0 Å². The fourth-order valence-electron chi connectivity index (χ4n) is 2.66. The number of hydrogen-bond acceptors (Lipinski definition) is 6. The molecule has 1 fully saturated rings. The van der Waals surface area contributed by atoms with Gasteiger partial charge < -0.3 is 15.4 Å². The van der Waals surface area contributed by atoms with E-state index in [9.17, 15) is 9.59 Å². The molecule has 8 heteroatoms. The van der Waals surface area contributed by atoms with Gasteiger partial charge in [-0.15, -0.1) is 10.2 Å². The van der Waals surface area contributed by atoms with E-state index in [0.717, 1.165) is 37.3 Å². The van der Waals surface area contributed by atoms with E-state index in [1.165, 1.54) is 11.3 Å². The molecule has 0 radical (unpaired) electrons. The predicted molar refractivity (Wildman–Crippen MR) is 99.6 cm³/mol. The van der Waals surface area contributed by atoms with Crippen LogP contribution in [-0.4, -0.2) is 41.3 Å². The van der Waals surface area contributed by atoms with Gasteiger partial charge in [-0.05, 0) is 43.5 Å². The second-order valence-corrected chi connectivity index (χ2v) is 7.19. The van der Waals surface area contributed by atoms with E-state index in [2.05, 4.69) is 27.8 Å². The van der Waals surface area contributed by atoms with Crippen molar-refractivity contribution in [1.29, 1.82) is 0 Å². The average Bonchev–Trinajstić information content (AvgIpc) is 3.32. The maximum Gasteiger partial charge on any atom is 0.286 e. The summed E-state index contributed by atoms with van der Waals surface area (Å²) >= 11 is 1.30. The van der Waals surface area contributed by atoms with Crippen LogP contribution in [0, 0.1) is 0 Å². The highest BCUT2D eigenvalue weighted by molar-refractivity contribution is 7.13. The van der Waals surface area contributed by atoms with Crippen LogP contribution in [0.1, 0.15) is 51.4 Å². The Morgan fingerprint density at radius 3 is 2.73 bits per heavy atom. The lowest BCUT2D eigenvalue weighted by Gasteiger charge is -2.11. The molecule has 138 valence electrons. The SMILES string of the molecule is CCCc1nnc(C(=O)Nc2ccc(C(=O)NCC3CCCO3)cc2)s1. The number of anilines is 1. The number of benzene rings is 1. The number of carbonyl (C=O) groups is 2. The first-order chi connectivity index (χ1) is 12.7. The van der Waals surface area contributed by atoms with Gasteiger partial charge >= 0.3 is 0 Å². The number of amides is 2. The molecule has 1 atom stereocenters. The fourth-order valence-corrected chi connectivity index (χ4v) is 3.50. The van der Waals surface area contributed by atoms with E-state index >= 15 is 0 Å². The quantitative estimate of drug-likeness (QED) is 0.777. The number of carbonyl (C=O) groups excluding carboxylic acids is 2. The average molecular weight is 374 g/mol. The second-order valence-electron chi connectivity index (χ2n) is 6.13. The van der Waals surface area contributed by atoms with Gasteiger partial charge in [-0.3, -0.25) is 9.59 Å². The normalized spacial score (nSPS) is 16.4. The highest BCUT2D eigenvalue weighted by atomic mass is 32.1. The van der Waals surface area contributed by atoms with Gasteiger partial charge in [0.2, 0.25) is 5.01 Å². The van der Waals surface area contributed by atoms with Crippen LogP contribution in [0.25, 0.3) is 0 Å². The highest BCUT2D eigenvalue weighted by Crippen LogP contribution is 2.16. The maximum atomic E-state index is 12.2. The predicted octanol–water partition coefficient (Wildman–Crippen LogP) is 2.65. The van der Waals surface area contributed by atoms with Gasteiger partial charge in [-0.25, -0.2) is 0 Å². The fraction of sp³-hybridized carbons (Fsp3) is 0.444. The molecule has 1 aromatic carbocycles. The molecule has 0 saturated carbocycles. The van der Waals surface area contributed by atoms with E-state index in [0.29, 0.717) is 22.8 Å². The summed E-state index contributed by atoms with van der Waals surface area (Å²) in [6.07, 6.45) is 3.93. The Balaban J connectivity index is 1.52. The van der Waals surface area contributed by atoms with Gasteiger partial charge in [0.05, 0.1) is 6.10 Å². The Morgan fingerprint density at radius 2 is 2.04 bits per heavy atom. The van der Waals surface area contributed by atoms with Crippen molar-refractivity contribution in [2.45, 2.75) is 38.7 Å². The molecule has 1 aliphatic rings. The lowest BCUT2D eigenvalue weighted by atomic mass is 10.2. The zero-order valence-electron chi connectivity index (χ0n) is 14.7. The summed E-state index contributed by atoms with van der Waals surface area (Å²) in [6.45, 7) is 3.34. The molecular weight excluding hydrogens is 352 g/mol. The molecule has 1 saturated heterocycles. The van der Waals surface area contributed by atoms with E-state index in [-0.39, 0.29) is 17.9 Å². The summed E-state index contributed by atoms with van der Waals surface area (Å²) in [4.78, 5) is 24.4. The van der Waals surface area contributed by atoms with Gasteiger partial charge in [0, 0.05) is 30.8 Å². The third-order valence-electron chi connectivity index (χ3n) is 4.04. The molecule has 0 spiro atoms. The van der Waals surface area contributed by atoms with Crippen molar-refractivity contribution in [2.75, 3.05) is 18.5 Å². The molecule has 7 nitrogen and oxygen atoms in total. The second kappa shape index (κ2) is 8.86. The first-order valence-corrected chi connectivity index (χ1v) is 9.61. The zero-order valence-corrected chi connectivity index (χ0v) is 15.5. The van der Waals surface area contributed by atoms with Crippen LogP contribution in [0.3, 0.4) is 0 Å². The Hall–Kier alpha value is -2.32. The van der Waals surface area contributed by atoms with Gasteiger partial charge in [0.15, 0.2) is 0 Å². The van der Waals surface area contributed by atoms with Crippen LogP contribution in [0.4, 0.5) is 5.69 Å². The van der Waals surface area contributed by atoms with Crippen molar-refractivity contribution in [3.63, 3.8) is 0 Å². The summed E-state index contributed by atoms with van der Waals surface area (Å²) in [5.74, 6) is -0.438. The Kier molecular flexibility index (Phi) is 6.30. The molecule has 26 heavy (non-hydrogen) atoms. The zero-order chi connectivity index (χ0) is 18.4. The van der Waals surface area contributed by atoms with E-state index < -0.39 is 0 Å². The number of rotatable bonds is 7. The van der Waals surface area contributed by atoms with Crippen LogP contribution in [0.5, 0.6) is 0 Å². The van der Waals surface area contributed by atoms with Crippen molar-refractivity contribution in [3.05, 3.63) is 39.8 Å². The molecule has 3 rings (SSSR count). The minimum Gasteiger partial charge on any atom is -0.376 e. The number of ether oxygens (including phenoxy) is 1. The monoisotopic (exact) mass is 374 g/mol. The number of nitrogens with one attached hydrogen (secondary N) is 2. The summed E-state index contributed by atoms with van der Waals surface area (Å²) in [6, 6.07) is 6.77. The summed E-state index contributed by atoms with van der Waals surface area (Å²) < 4.78 is 5.49. The maximum absolute atomic E-state index is 12.2. The Labute approximate surface area is 156 Å². The lowest BCUT2D eigenvalue weighted by molar-refractivity contribution is 0.0857. The van der Waals surface area contributed by atoms with Crippen molar-refractivity contribution < 1.29 is 14.3 Å². The molecule has 2 N–H and O–H groups in total. The van der Waals surface area contributed by atoms with Gasteiger partial charge in [0.1, 0.15) is 5.01 Å². The molecule has 1 aromatic heterocycles. The van der Waals surface area contributed by atoms with Crippen LogP contribution in [0.15, 0.2) is 24.3 Å². The minimum absolute atomic E-state index is 0.113. The lowest BCUT2D eigenvalue weighted by Crippen LogP contribution is -2.31. The van der Waals surface area contributed by atoms with Gasteiger partial charge in [-0.1, -0.05) is 18.3 Å². The van der Waals surface area contributed by atoms with E-state index in [1.54, 1.807) is 24.3 Å². The Morgan fingerprint density at radius 1 is 1.23 bits per heavy atom. The third kappa shape index (κ3) is 4.86. The van der Waals surface area contributed by atoms with Gasteiger partial charge in [0.25, 0.3) is 11.8 Å².